The van der Waals surface area contributed by atoms with Gasteiger partial charge in [-0.05, 0) is 34.4 Å². The number of hydrogen-bond donors (Lipinski definition) is 1. The standard InChI is InChI=1S/C14H10N4O2/c19-18(20)14-10-6-5-9-8-3-1-2-4-11(8)17-13(9)12(10)15-7-16-14/h1-4,7,17H,5-6H2. The van der Waals surface area contributed by atoms with E-state index in [1.54, 1.807) is 0 Å². The molecule has 0 spiro atoms. The summed E-state index contributed by atoms with van der Waals surface area (Å²) < 4.78 is 0. The summed E-state index contributed by atoms with van der Waals surface area (Å²) in [6.07, 6.45) is 2.62. The van der Waals surface area contributed by atoms with Crippen molar-refractivity contribution in [3.05, 3.63) is 51.8 Å². The number of H-pyrrole nitrogens is 1. The first-order valence-electron chi connectivity index (χ1n) is 6.34. The maximum Gasteiger partial charge on any atom is 0.370 e. The molecule has 6 nitrogen and oxygen atoms in total. The smallest absolute Gasteiger partial charge is 0.358 e. The molecule has 1 aliphatic rings. The van der Waals surface area contributed by atoms with Gasteiger partial charge in [-0.25, -0.2) is 4.98 Å². The Bertz CT molecular complexity index is 854. The summed E-state index contributed by atoms with van der Waals surface area (Å²) in [5.74, 6) is -0.0840. The zero-order valence-corrected chi connectivity index (χ0v) is 10.5. The summed E-state index contributed by atoms with van der Waals surface area (Å²) in [7, 11) is 0. The molecule has 1 aromatic carbocycles. The van der Waals surface area contributed by atoms with Crippen LogP contribution in [0.1, 0.15) is 11.1 Å². The van der Waals surface area contributed by atoms with Crippen molar-refractivity contribution in [2.24, 2.45) is 0 Å². The van der Waals surface area contributed by atoms with Crippen LogP contribution < -0.4 is 0 Å². The maximum absolute atomic E-state index is 11.1. The molecule has 3 aromatic rings. The molecule has 0 unspecified atom stereocenters. The molecular formula is C14H10N4O2. The predicted molar refractivity (Wildman–Crippen MR) is 73.4 cm³/mol. The van der Waals surface area contributed by atoms with E-state index in [9.17, 15) is 10.1 Å². The van der Waals surface area contributed by atoms with E-state index in [1.165, 1.54) is 11.9 Å². The second-order valence-corrected chi connectivity index (χ2v) is 4.81. The van der Waals surface area contributed by atoms with E-state index in [0.717, 1.165) is 23.0 Å². The Balaban J connectivity index is 2.04. The highest BCUT2D eigenvalue weighted by Gasteiger charge is 2.28. The Labute approximate surface area is 113 Å². The molecule has 0 bridgehead atoms. The van der Waals surface area contributed by atoms with Crippen molar-refractivity contribution >= 4 is 16.7 Å². The van der Waals surface area contributed by atoms with Gasteiger partial charge in [0.2, 0.25) is 6.33 Å². The normalized spacial score (nSPS) is 13.0. The summed E-state index contributed by atoms with van der Waals surface area (Å²) in [5, 5.41) is 12.2. The Kier molecular flexibility index (Phi) is 2.14. The number of nitrogens with zero attached hydrogens (tertiary/aromatic N) is 3. The average molecular weight is 266 g/mol. The number of para-hydroxylation sites is 1. The molecule has 2 aromatic heterocycles. The number of hydrogen-bond acceptors (Lipinski definition) is 4. The van der Waals surface area contributed by atoms with Crippen LogP contribution in [0.25, 0.3) is 22.3 Å². The van der Waals surface area contributed by atoms with Gasteiger partial charge in [-0.3, -0.25) is 0 Å². The third-order valence-corrected chi connectivity index (χ3v) is 3.77. The minimum Gasteiger partial charge on any atom is -0.358 e. The highest BCUT2D eigenvalue weighted by Crippen LogP contribution is 2.38. The first-order valence-corrected chi connectivity index (χ1v) is 6.34. The molecule has 2 heterocycles. The second-order valence-electron chi connectivity index (χ2n) is 4.81. The molecule has 0 atom stereocenters. The number of aromatic nitrogens is 3. The highest BCUT2D eigenvalue weighted by molar-refractivity contribution is 5.91. The lowest BCUT2D eigenvalue weighted by Gasteiger charge is -2.14. The van der Waals surface area contributed by atoms with Crippen LogP contribution in [0.3, 0.4) is 0 Å². The lowest BCUT2D eigenvalue weighted by Crippen LogP contribution is -2.09. The first-order chi connectivity index (χ1) is 9.75. The van der Waals surface area contributed by atoms with E-state index < -0.39 is 4.92 Å². The Morgan fingerprint density at radius 2 is 1.95 bits per heavy atom. The maximum atomic E-state index is 11.1. The number of aryl methyl sites for hydroxylation is 1. The molecule has 98 valence electrons. The molecule has 4 rings (SSSR count). The van der Waals surface area contributed by atoms with E-state index in [0.29, 0.717) is 17.7 Å². The highest BCUT2D eigenvalue weighted by atomic mass is 16.6. The van der Waals surface area contributed by atoms with Crippen molar-refractivity contribution in [2.45, 2.75) is 12.8 Å². The van der Waals surface area contributed by atoms with E-state index in [2.05, 4.69) is 21.0 Å². The number of nitro groups is 1. The largest absolute Gasteiger partial charge is 0.370 e. The topological polar surface area (TPSA) is 84.7 Å². The van der Waals surface area contributed by atoms with Crippen molar-refractivity contribution in [3.63, 3.8) is 0 Å². The Morgan fingerprint density at radius 1 is 1.15 bits per heavy atom. The number of nitrogens with one attached hydrogen (secondary N) is 1. The minimum atomic E-state index is -0.436. The zero-order chi connectivity index (χ0) is 13.7. The van der Waals surface area contributed by atoms with Gasteiger partial charge in [0.1, 0.15) is 5.69 Å². The van der Waals surface area contributed by atoms with Crippen LogP contribution in [0, 0.1) is 10.1 Å². The van der Waals surface area contributed by atoms with Crippen LogP contribution in [0.4, 0.5) is 5.82 Å². The summed E-state index contributed by atoms with van der Waals surface area (Å²) in [6, 6.07) is 8.02. The van der Waals surface area contributed by atoms with Crippen molar-refractivity contribution in [1.29, 1.82) is 0 Å². The van der Waals surface area contributed by atoms with Gasteiger partial charge in [-0.1, -0.05) is 18.2 Å². The number of aromatic amines is 1. The van der Waals surface area contributed by atoms with Crippen LogP contribution >= 0.6 is 0 Å². The van der Waals surface area contributed by atoms with Gasteiger partial charge in [0, 0.05) is 10.9 Å². The van der Waals surface area contributed by atoms with E-state index in [1.807, 2.05) is 18.2 Å². The summed E-state index contributed by atoms with van der Waals surface area (Å²) in [4.78, 5) is 22.0. The Morgan fingerprint density at radius 3 is 2.80 bits per heavy atom. The Hall–Kier alpha value is -2.76. The average Bonchev–Trinajstić information content (AvgIpc) is 2.85. The molecule has 6 heteroatoms. The fraction of sp³-hybridized carbons (Fsp3) is 0.143. The fourth-order valence-corrected chi connectivity index (χ4v) is 2.92. The van der Waals surface area contributed by atoms with Crippen molar-refractivity contribution in [3.8, 4) is 11.4 Å². The van der Waals surface area contributed by atoms with Crippen LogP contribution in [0.5, 0.6) is 0 Å². The summed E-state index contributed by atoms with van der Waals surface area (Å²) in [6.45, 7) is 0. The molecule has 1 aliphatic carbocycles. The van der Waals surface area contributed by atoms with Crippen LogP contribution in [-0.4, -0.2) is 19.9 Å². The van der Waals surface area contributed by atoms with E-state index >= 15 is 0 Å². The van der Waals surface area contributed by atoms with Gasteiger partial charge < -0.3 is 15.1 Å². The summed E-state index contributed by atoms with van der Waals surface area (Å²) in [5.41, 5.74) is 4.38. The number of fused-ring (bicyclic) bond motifs is 5. The van der Waals surface area contributed by atoms with Gasteiger partial charge >= 0.3 is 5.82 Å². The van der Waals surface area contributed by atoms with Crippen LogP contribution in [0.2, 0.25) is 0 Å². The third-order valence-electron chi connectivity index (χ3n) is 3.77. The SMILES string of the molecule is O=[N+]([O-])c1ncnc2c1CCc1c-2[nH]c2ccccc12. The number of benzene rings is 1. The van der Waals surface area contributed by atoms with E-state index in [4.69, 9.17) is 0 Å². The van der Waals surface area contributed by atoms with Crippen molar-refractivity contribution in [1.82, 2.24) is 15.0 Å². The van der Waals surface area contributed by atoms with Gasteiger partial charge in [-0.15, -0.1) is 0 Å². The number of rotatable bonds is 1. The zero-order valence-electron chi connectivity index (χ0n) is 10.5. The lowest BCUT2D eigenvalue weighted by molar-refractivity contribution is -0.390. The second kappa shape index (κ2) is 3.86. The summed E-state index contributed by atoms with van der Waals surface area (Å²) >= 11 is 0. The molecule has 0 aliphatic heterocycles. The van der Waals surface area contributed by atoms with Crippen molar-refractivity contribution in [2.75, 3.05) is 0 Å². The molecular weight excluding hydrogens is 256 g/mol. The van der Waals surface area contributed by atoms with E-state index in [-0.39, 0.29) is 5.82 Å². The minimum absolute atomic E-state index is 0.0840. The van der Waals surface area contributed by atoms with Crippen LogP contribution in [-0.2, 0) is 12.8 Å². The molecule has 0 saturated heterocycles. The quantitative estimate of drug-likeness (QED) is 0.542. The van der Waals surface area contributed by atoms with Gasteiger partial charge in [0.25, 0.3) is 0 Å². The van der Waals surface area contributed by atoms with Crippen molar-refractivity contribution < 1.29 is 4.92 Å². The molecule has 0 fully saturated rings. The van der Waals surface area contributed by atoms with Crippen LogP contribution in [0.15, 0.2) is 30.6 Å². The molecule has 20 heavy (non-hydrogen) atoms. The molecule has 0 amide bonds. The lowest BCUT2D eigenvalue weighted by atomic mass is 9.93. The van der Waals surface area contributed by atoms with Gasteiger partial charge in [0.15, 0.2) is 0 Å². The third kappa shape index (κ3) is 1.38. The predicted octanol–water partition coefficient (Wildman–Crippen LogP) is 2.63. The fourth-order valence-electron chi connectivity index (χ4n) is 2.92. The molecule has 0 radical (unpaired) electrons. The van der Waals surface area contributed by atoms with Gasteiger partial charge in [-0.2, -0.15) is 0 Å². The molecule has 0 saturated carbocycles. The first kappa shape index (κ1) is 11.1. The molecule has 1 N–H and O–H groups in total. The van der Waals surface area contributed by atoms with Gasteiger partial charge in [0.05, 0.1) is 11.3 Å². The monoisotopic (exact) mass is 266 g/mol.